The lowest BCUT2D eigenvalue weighted by Gasteiger charge is -2.29. The van der Waals surface area contributed by atoms with Crippen LogP contribution in [0, 0.1) is 0 Å². The van der Waals surface area contributed by atoms with Crippen LogP contribution in [0.25, 0.3) is 0 Å². The molecule has 2 nitrogen and oxygen atoms in total. The van der Waals surface area contributed by atoms with E-state index >= 15 is 0 Å². The molecule has 1 aliphatic carbocycles. The molecule has 0 aliphatic heterocycles. The maximum absolute atomic E-state index is 9.04. The number of benzene rings is 1. The van der Waals surface area contributed by atoms with Crippen molar-refractivity contribution in [3.63, 3.8) is 0 Å². The van der Waals surface area contributed by atoms with Crippen LogP contribution in [0.1, 0.15) is 44.1 Å². The van der Waals surface area contributed by atoms with Crippen molar-refractivity contribution in [1.82, 2.24) is 0 Å². The minimum absolute atomic E-state index is 0.132. The van der Waals surface area contributed by atoms with Crippen molar-refractivity contribution in [2.45, 2.75) is 51.2 Å². The number of anilines is 1. The van der Waals surface area contributed by atoms with Gasteiger partial charge in [0.1, 0.15) is 0 Å². The van der Waals surface area contributed by atoms with Crippen molar-refractivity contribution in [2.75, 3.05) is 11.9 Å². The number of aliphatic hydroxyl groups excluding tert-OH is 1. The number of aliphatic hydroxyl groups is 1. The van der Waals surface area contributed by atoms with E-state index in [1.807, 2.05) is 12.1 Å². The van der Waals surface area contributed by atoms with Crippen LogP contribution in [0.5, 0.6) is 0 Å². The van der Waals surface area contributed by atoms with Crippen LogP contribution in [-0.4, -0.2) is 18.2 Å². The lowest BCUT2D eigenvalue weighted by Crippen LogP contribution is -2.30. The zero-order valence-electron chi connectivity index (χ0n) is 10.7. The largest absolute Gasteiger partial charge is 0.392 e. The van der Waals surface area contributed by atoms with Crippen LogP contribution in [0.15, 0.2) is 24.3 Å². The minimum Gasteiger partial charge on any atom is -0.392 e. The van der Waals surface area contributed by atoms with Crippen LogP contribution in [-0.2, 0) is 6.61 Å². The summed E-state index contributed by atoms with van der Waals surface area (Å²) in [6, 6.07) is 8.97. The molecule has 1 aromatic carbocycles. The number of rotatable bonds is 3. The van der Waals surface area contributed by atoms with Gasteiger partial charge in [-0.05, 0) is 30.5 Å². The third-order valence-corrected chi connectivity index (χ3v) is 3.90. The van der Waals surface area contributed by atoms with Crippen LogP contribution < -0.4 is 4.90 Å². The highest BCUT2D eigenvalue weighted by Crippen LogP contribution is 2.25. The molecule has 0 aromatic heterocycles. The molecule has 0 spiro atoms. The normalized spacial score (nSPS) is 17.8. The fraction of sp³-hybridized carbons (Fsp3) is 0.600. The van der Waals surface area contributed by atoms with Crippen molar-refractivity contribution in [1.29, 1.82) is 0 Å². The fourth-order valence-corrected chi connectivity index (χ4v) is 2.69. The second-order valence-corrected chi connectivity index (χ2v) is 5.08. The quantitative estimate of drug-likeness (QED) is 0.809. The molecule has 0 unspecified atom stereocenters. The van der Waals surface area contributed by atoms with E-state index in [1.54, 1.807) is 0 Å². The maximum atomic E-state index is 9.04. The van der Waals surface area contributed by atoms with E-state index in [1.165, 1.54) is 44.2 Å². The van der Waals surface area contributed by atoms with E-state index in [0.717, 1.165) is 5.56 Å². The first-order chi connectivity index (χ1) is 8.31. The zero-order chi connectivity index (χ0) is 12.1. The lowest BCUT2D eigenvalue weighted by atomic mass is 10.1. The van der Waals surface area contributed by atoms with Crippen molar-refractivity contribution >= 4 is 5.69 Å². The predicted octanol–water partition coefficient (Wildman–Crippen LogP) is 3.34. The summed E-state index contributed by atoms with van der Waals surface area (Å²) < 4.78 is 0. The standard InChI is InChI=1S/C15H23NO/c1-16(14-6-4-2-3-5-7-14)15-10-8-13(12-17)9-11-15/h8-11,14,17H,2-7,12H2,1H3. The van der Waals surface area contributed by atoms with Gasteiger partial charge in [0.05, 0.1) is 6.61 Å². The van der Waals surface area contributed by atoms with Crippen molar-refractivity contribution in [2.24, 2.45) is 0 Å². The summed E-state index contributed by atoms with van der Waals surface area (Å²) in [5, 5.41) is 9.04. The highest BCUT2D eigenvalue weighted by Gasteiger charge is 2.16. The van der Waals surface area contributed by atoms with Gasteiger partial charge < -0.3 is 10.0 Å². The first kappa shape index (κ1) is 12.4. The first-order valence-electron chi connectivity index (χ1n) is 6.74. The molecule has 0 amide bonds. The molecule has 1 saturated carbocycles. The van der Waals surface area contributed by atoms with Crippen molar-refractivity contribution in [3.05, 3.63) is 29.8 Å². The monoisotopic (exact) mass is 233 g/mol. The van der Waals surface area contributed by atoms with Crippen LogP contribution in [0.3, 0.4) is 0 Å². The summed E-state index contributed by atoms with van der Waals surface area (Å²) in [5.41, 5.74) is 2.26. The Morgan fingerprint density at radius 2 is 1.65 bits per heavy atom. The summed E-state index contributed by atoms with van der Waals surface area (Å²) >= 11 is 0. The number of hydrogen-bond donors (Lipinski definition) is 1. The van der Waals surface area contributed by atoms with Gasteiger partial charge in [-0.25, -0.2) is 0 Å². The minimum atomic E-state index is 0.132. The average Bonchev–Trinajstić information content (AvgIpc) is 2.67. The van der Waals surface area contributed by atoms with Crippen LogP contribution >= 0.6 is 0 Å². The van der Waals surface area contributed by atoms with E-state index in [2.05, 4.69) is 24.1 Å². The van der Waals surface area contributed by atoms with E-state index in [4.69, 9.17) is 5.11 Å². The van der Waals surface area contributed by atoms with Crippen LogP contribution in [0.4, 0.5) is 5.69 Å². The summed E-state index contributed by atoms with van der Waals surface area (Å²) in [6.45, 7) is 0.132. The maximum Gasteiger partial charge on any atom is 0.0681 e. The van der Waals surface area contributed by atoms with E-state index in [-0.39, 0.29) is 6.61 Å². The molecule has 94 valence electrons. The van der Waals surface area contributed by atoms with Crippen molar-refractivity contribution in [3.8, 4) is 0 Å². The van der Waals surface area contributed by atoms with Gasteiger partial charge in [-0.3, -0.25) is 0 Å². The average molecular weight is 233 g/mol. The predicted molar refractivity (Wildman–Crippen MR) is 72.3 cm³/mol. The Hall–Kier alpha value is -1.02. The molecule has 2 heteroatoms. The molecule has 1 N–H and O–H groups in total. The molecule has 17 heavy (non-hydrogen) atoms. The Labute approximate surface area is 104 Å². The molecular formula is C15H23NO. The smallest absolute Gasteiger partial charge is 0.0681 e. The highest BCUT2D eigenvalue weighted by atomic mass is 16.3. The highest BCUT2D eigenvalue weighted by molar-refractivity contribution is 5.47. The van der Waals surface area contributed by atoms with Gasteiger partial charge in [-0.2, -0.15) is 0 Å². The van der Waals surface area contributed by atoms with E-state index < -0.39 is 0 Å². The van der Waals surface area contributed by atoms with Gasteiger partial charge in [-0.1, -0.05) is 37.8 Å². The molecule has 0 bridgehead atoms. The molecule has 0 saturated heterocycles. The molecule has 0 heterocycles. The number of nitrogens with zero attached hydrogens (tertiary/aromatic N) is 1. The third kappa shape index (κ3) is 3.22. The molecule has 0 radical (unpaired) electrons. The Morgan fingerprint density at radius 1 is 1.06 bits per heavy atom. The van der Waals surface area contributed by atoms with Gasteiger partial charge in [0.15, 0.2) is 0 Å². The zero-order valence-corrected chi connectivity index (χ0v) is 10.7. The van der Waals surface area contributed by atoms with E-state index in [9.17, 15) is 0 Å². The fourth-order valence-electron chi connectivity index (χ4n) is 2.69. The Bertz CT molecular complexity index is 325. The van der Waals surface area contributed by atoms with Crippen molar-refractivity contribution < 1.29 is 5.11 Å². The molecule has 1 fully saturated rings. The summed E-state index contributed by atoms with van der Waals surface area (Å²) in [7, 11) is 2.20. The molecule has 0 atom stereocenters. The second kappa shape index (κ2) is 6.06. The van der Waals surface area contributed by atoms with Gasteiger partial charge in [0, 0.05) is 18.8 Å². The van der Waals surface area contributed by atoms with Gasteiger partial charge in [-0.15, -0.1) is 0 Å². The Balaban J connectivity index is 2.03. The Kier molecular flexibility index (Phi) is 4.43. The Morgan fingerprint density at radius 3 is 2.18 bits per heavy atom. The summed E-state index contributed by atoms with van der Waals surface area (Å²) in [5.74, 6) is 0. The first-order valence-corrected chi connectivity index (χ1v) is 6.74. The second-order valence-electron chi connectivity index (χ2n) is 5.08. The molecule has 1 aromatic rings. The molecule has 2 rings (SSSR count). The topological polar surface area (TPSA) is 23.5 Å². The summed E-state index contributed by atoms with van der Waals surface area (Å²) in [6.07, 6.45) is 8.16. The number of hydrogen-bond acceptors (Lipinski definition) is 2. The molecule has 1 aliphatic rings. The van der Waals surface area contributed by atoms with E-state index in [0.29, 0.717) is 6.04 Å². The third-order valence-electron chi connectivity index (χ3n) is 3.90. The van der Waals surface area contributed by atoms with Crippen LogP contribution in [0.2, 0.25) is 0 Å². The molecular weight excluding hydrogens is 210 g/mol. The summed E-state index contributed by atoms with van der Waals surface area (Å²) in [4.78, 5) is 2.41. The van der Waals surface area contributed by atoms with Gasteiger partial charge in [0.25, 0.3) is 0 Å². The lowest BCUT2D eigenvalue weighted by molar-refractivity contribution is 0.282. The van der Waals surface area contributed by atoms with Gasteiger partial charge in [0.2, 0.25) is 0 Å². The van der Waals surface area contributed by atoms with Gasteiger partial charge >= 0.3 is 0 Å². The SMILES string of the molecule is CN(c1ccc(CO)cc1)C1CCCCCC1.